The molecule has 0 bridgehead atoms. The Morgan fingerprint density at radius 2 is 1.48 bits per heavy atom. The second-order valence-corrected chi connectivity index (χ2v) is 9.85. The molecule has 142 valence electrons. The lowest BCUT2D eigenvalue weighted by Crippen LogP contribution is -2.46. The van der Waals surface area contributed by atoms with E-state index in [1.54, 1.807) is 0 Å². The highest BCUT2D eigenvalue weighted by Gasteiger charge is 2.52. The molecule has 0 saturated heterocycles. The summed E-state index contributed by atoms with van der Waals surface area (Å²) >= 11 is 0. The molecule has 0 aromatic carbocycles. The molecule has 0 heterocycles. The first kappa shape index (κ1) is 17.8. The second-order valence-electron chi connectivity index (χ2n) is 9.85. The molecule has 9 atom stereocenters. The van der Waals surface area contributed by atoms with Crippen molar-refractivity contribution in [2.45, 2.75) is 83.7 Å². The third-order valence-electron chi connectivity index (χ3n) is 8.85. The third-order valence-corrected chi connectivity index (χ3v) is 8.85. The maximum absolute atomic E-state index is 10.9. The van der Waals surface area contributed by atoms with Gasteiger partial charge in [0.05, 0.1) is 6.10 Å². The molecule has 4 aliphatic carbocycles. The summed E-state index contributed by atoms with van der Waals surface area (Å²) in [5.41, 5.74) is 0. The number of carboxylic acid groups (broad SMARTS) is 1. The number of aliphatic hydroxyl groups is 1. The molecule has 3 nitrogen and oxygen atoms in total. The highest BCUT2D eigenvalue weighted by Crippen LogP contribution is 2.60. The summed E-state index contributed by atoms with van der Waals surface area (Å²) in [4.78, 5) is 10.9. The van der Waals surface area contributed by atoms with Crippen molar-refractivity contribution < 1.29 is 15.0 Å². The zero-order chi connectivity index (χ0) is 17.6. The Bertz CT molecular complexity index is 490. The first-order chi connectivity index (χ1) is 12.0. The van der Waals surface area contributed by atoms with Gasteiger partial charge in [0.25, 0.3) is 0 Å². The van der Waals surface area contributed by atoms with Crippen molar-refractivity contribution in [1.29, 1.82) is 0 Å². The fourth-order valence-corrected chi connectivity index (χ4v) is 7.80. The van der Waals surface area contributed by atoms with Crippen molar-refractivity contribution >= 4 is 5.97 Å². The Labute approximate surface area is 152 Å². The number of hydrogen-bond donors (Lipinski definition) is 2. The summed E-state index contributed by atoms with van der Waals surface area (Å²) in [6, 6.07) is 0. The average Bonchev–Trinajstić information content (AvgIpc) is 3.03. The predicted octanol–water partition coefficient (Wildman–Crippen LogP) is 4.73. The zero-order valence-electron chi connectivity index (χ0n) is 15.8. The molecule has 0 aromatic rings. The number of rotatable bonds is 4. The number of aliphatic hydroxyl groups excluding tert-OH is 1. The summed E-state index contributed by atoms with van der Waals surface area (Å²) in [6.07, 6.45) is 12.8. The normalized spacial score (nSPS) is 47.4. The summed E-state index contributed by atoms with van der Waals surface area (Å²) in [6.45, 7) is 2.31. The van der Waals surface area contributed by atoms with E-state index >= 15 is 0 Å². The molecular weight excluding hydrogens is 312 g/mol. The topological polar surface area (TPSA) is 57.5 Å². The van der Waals surface area contributed by atoms with E-state index in [4.69, 9.17) is 5.11 Å². The molecule has 4 aliphatic rings. The molecule has 0 spiro atoms. The lowest BCUT2D eigenvalue weighted by molar-refractivity contribution is -0.137. The number of aliphatic carboxylic acids is 1. The van der Waals surface area contributed by atoms with Crippen molar-refractivity contribution in [3.05, 3.63) is 0 Å². The Morgan fingerprint density at radius 3 is 2.28 bits per heavy atom. The van der Waals surface area contributed by atoms with Gasteiger partial charge in [-0.25, -0.2) is 0 Å². The van der Waals surface area contributed by atoms with Gasteiger partial charge in [0.15, 0.2) is 0 Å². The van der Waals surface area contributed by atoms with E-state index in [-0.39, 0.29) is 6.10 Å². The van der Waals surface area contributed by atoms with E-state index in [2.05, 4.69) is 6.92 Å². The Hall–Kier alpha value is -0.570. The number of fused-ring (bicyclic) bond motifs is 5. The molecule has 0 radical (unpaired) electrons. The van der Waals surface area contributed by atoms with Crippen LogP contribution in [-0.2, 0) is 4.79 Å². The average molecular weight is 349 g/mol. The molecule has 25 heavy (non-hydrogen) atoms. The van der Waals surface area contributed by atoms with E-state index in [0.717, 1.165) is 60.7 Å². The molecule has 2 N–H and O–H groups in total. The predicted molar refractivity (Wildman–Crippen MR) is 98.0 cm³/mol. The number of hydrogen-bond acceptors (Lipinski definition) is 2. The Balaban J connectivity index is 1.41. The quantitative estimate of drug-likeness (QED) is 0.772. The van der Waals surface area contributed by atoms with E-state index in [1.807, 2.05) is 0 Å². The van der Waals surface area contributed by atoms with Crippen LogP contribution in [0.4, 0.5) is 0 Å². The second kappa shape index (κ2) is 7.21. The molecule has 4 saturated carbocycles. The van der Waals surface area contributed by atoms with Crippen LogP contribution in [0.3, 0.4) is 0 Å². The molecule has 0 aliphatic heterocycles. The monoisotopic (exact) mass is 348 g/mol. The van der Waals surface area contributed by atoms with Gasteiger partial charge in [0, 0.05) is 6.42 Å². The van der Waals surface area contributed by atoms with Gasteiger partial charge in [-0.05, 0) is 112 Å². The van der Waals surface area contributed by atoms with Crippen molar-refractivity contribution in [3.63, 3.8) is 0 Å². The molecule has 9 unspecified atom stereocenters. The van der Waals surface area contributed by atoms with Crippen molar-refractivity contribution in [2.24, 2.45) is 47.3 Å². The lowest BCUT2D eigenvalue weighted by Gasteiger charge is -2.53. The highest BCUT2D eigenvalue weighted by molar-refractivity contribution is 5.66. The van der Waals surface area contributed by atoms with Gasteiger partial charge >= 0.3 is 5.97 Å². The van der Waals surface area contributed by atoms with E-state index in [0.29, 0.717) is 12.3 Å². The molecule has 0 aromatic heterocycles. The van der Waals surface area contributed by atoms with Crippen molar-refractivity contribution in [3.8, 4) is 0 Å². The summed E-state index contributed by atoms with van der Waals surface area (Å²) < 4.78 is 0. The molecule has 0 amide bonds. The van der Waals surface area contributed by atoms with Crippen LogP contribution in [-0.4, -0.2) is 22.3 Å². The maximum atomic E-state index is 10.9. The van der Waals surface area contributed by atoms with Gasteiger partial charge < -0.3 is 10.2 Å². The number of carbonyl (C=O) groups is 1. The van der Waals surface area contributed by atoms with Crippen LogP contribution in [0.15, 0.2) is 0 Å². The standard InChI is InChI=1S/C22H36O3/c1-13(2-11-22(24)25)16-7-8-21-18(16)9-10-19-17-6-4-15(23)12-14(17)3-5-20(19)21/h13-21,23H,2-12H2,1H3,(H,24,25). The Morgan fingerprint density at radius 1 is 0.880 bits per heavy atom. The van der Waals surface area contributed by atoms with Crippen LogP contribution < -0.4 is 0 Å². The lowest BCUT2D eigenvalue weighted by atomic mass is 9.53. The van der Waals surface area contributed by atoms with Crippen LogP contribution in [0.25, 0.3) is 0 Å². The summed E-state index contributed by atoms with van der Waals surface area (Å²) in [5, 5.41) is 19.0. The van der Waals surface area contributed by atoms with Crippen LogP contribution in [0, 0.1) is 47.3 Å². The Kier molecular flexibility index (Phi) is 5.14. The van der Waals surface area contributed by atoms with Crippen LogP contribution in [0.5, 0.6) is 0 Å². The first-order valence-corrected chi connectivity index (χ1v) is 10.9. The molecular formula is C22H36O3. The first-order valence-electron chi connectivity index (χ1n) is 10.9. The summed E-state index contributed by atoms with van der Waals surface area (Å²) in [7, 11) is 0. The minimum absolute atomic E-state index is 0.0277. The van der Waals surface area contributed by atoms with Crippen molar-refractivity contribution in [1.82, 2.24) is 0 Å². The fraction of sp³-hybridized carbons (Fsp3) is 0.955. The molecule has 4 fully saturated rings. The van der Waals surface area contributed by atoms with Gasteiger partial charge in [-0.2, -0.15) is 0 Å². The highest BCUT2D eigenvalue weighted by atomic mass is 16.4. The van der Waals surface area contributed by atoms with Gasteiger partial charge in [-0.3, -0.25) is 4.79 Å². The SMILES string of the molecule is CC(CCC(=O)O)C1CCC2C1CCC1C3CCC(O)CC3CCC12. The largest absolute Gasteiger partial charge is 0.481 e. The zero-order valence-corrected chi connectivity index (χ0v) is 15.8. The van der Waals surface area contributed by atoms with E-state index < -0.39 is 5.97 Å². The van der Waals surface area contributed by atoms with Gasteiger partial charge in [-0.1, -0.05) is 6.92 Å². The van der Waals surface area contributed by atoms with E-state index in [1.165, 1.54) is 44.9 Å². The van der Waals surface area contributed by atoms with Gasteiger partial charge in [-0.15, -0.1) is 0 Å². The minimum Gasteiger partial charge on any atom is -0.481 e. The van der Waals surface area contributed by atoms with Crippen LogP contribution >= 0.6 is 0 Å². The molecule has 4 rings (SSSR count). The maximum Gasteiger partial charge on any atom is 0.303 e. The fourth-order valence-electron chi connectivity index (χ4n) is 7.80. The van der Waals surface area contributed by atoms with Gasteiger partial charge in [0.2, 0.25) is 0 Å². The van der Waals surface area contributed by atoms with Crippen LogP contribution in [0.2, 0.25) is 0 Å². The van der Waals surface area contributed by atoms with E-state index in [9.17, 15) is 9.90 Å². The minimum atomic E-state index is -0.636. The van der Waals surface area contributed by atoms with Gasteiger partial charge in [0.1, 0.15) is 0 Å². The van der Waals surface area contributed by atoms with Crippen molar-refractivity contribution in [2.75, 3.05) is 0 Å². The van der Waals surface area contributed by atoms with Crippen LogP contribution in [0.1, 0.15) is 77.6 Å². The third kappa shape index (κ3) is 3.38. The number of carboxylic acids is 1. The molecule has 3 heteroatoms. The summed E-state index contributed by atoms with van der Waals surface area (Å²) in [5.74, 6) is 6.06. The smallest absolute Gasteiger partial charge is 0.303 e.